The smallest absolute Gasteiger partial charge is 0.306 e. The zero-order valence-corrected chi connectivity index (χ0v) is 17.6. The molecule has 2 aromatic rings. The molecular weight excluding hydrogens is 405 g/mol. The lowest BCUT2D eigenvalue weighted by molar-refractivity contribution is -0.140. The van der Waals surface area contributed by atoms with Crippen LogP contribution in [0.25, 0.3) is 11.6 Å². The summed E-state index contributed by atoms with van der Waals surface area (Å²) < 4.78 is 19.0. The van der Waals surface area contributed by atoms with Crippen molar-refractivity contribution in [3.05, 3.63) is 52.1 Å². The quantitative estimate of drug-likeness (QED) is 0.260. The Kier molecular flexibility index (Phi) is 8.09. The van der Waals surface area contributed by atoms with Crippen LogP contribution in [0.3, 0.4) is 0 Å². The molecule has 8 nitrogen and oxygen atoms in total. The number of H-pyrrole nitrogens is 1. The van der Waals surface area contributed by atoms with Gasteiger partial charge in [-0.2, -0.15) is 0 Å². The molecule has 1 atom stereocenters. The highest BCUT2D eigenvalue weighted by Gasteiger charge is 2.20. The van der Waals surface area contributed by atoms with E-state index in [0.29, 0.717) is 35.4 Å². The highest BCUT2D eigenvalue weighted by Crippen LogP contribution is 2.26. The number of aldehydes is 1. The first-order valence-electron chi connectivity index (χ1n) is 9.70. The van der Waals surface area contributed by atoms with E-state index in [-0.39, 0.29) is 29.8 Å². The maximum Gasteiger partial charge on any atom is 0.306 e. The summed E-state index contributed by atoms with van der Waals surface area (Å²) in [5.41, 5.74) is 8.54. The second-order valence-corrected chi connectivity index (χ2v) is 7.00. The number of anilines is 1. The van der Waals surface area contributed by atoms with Crippen LogP contribution in [0, 0.1) is 19.7 Å². The lowest BCUT2D eigenvalue weighted by Crippen LogP contribution is -2.35. The van der Waals surface area contributed by atoms with Gasteiger partial charge in [0.25, 0.3) is 5.91 Å². The van der Waals surface area contributed by atoms with Gasteiger partial charge in [-0.1, -0.05) is 0 Å². The van der Waals surface area contributed by atoms with Crippen LogP contribution in [0.15, 0.2) is 18.2 Å². The second-order valence-electron chi connectivity index (χ2n) is 7.00. The maximum atomic E-state index is 13.6. The van der Waals surface area contributed by atoms with Crippen LogP contribution < -0.4 is 11.1 Å². The summed E-state index contributed by atoms with van der Waals surface area (Å²) in [7, 11) is 0. The minimum Gasteiger partial charge on any atom is -0.481 e. The van der Waals surface area contributed by atoms with Crippen molar-refractivity contribution < 1.29 is 28.6 Å². The molecule has 1 aromatic heterocycles. The molecule has 0 saturated heterocycles. The van der Waals surface area contributed by atoms with Crippen LogP contribution in [-0.2, 0) is 14.3 Å². The number of carbonyl (C=O) groups excluding carboxylic acids is 2. The zero-order valence-electron chi connectivity index (χ0n) is 17.6. The largest absolute Gasteiger partial charge is 0.481 e. The number of nitrogens with one attached hydrogen (secondary N) is 2. The Morgan fingerprint density at radius 1 is 1.35 bits per heavy atom. The lowest BCUT2D eigenvalue weighted by Gasteiger charge is -2.16. The van der Waals surface area contributed by atoms with E-state index in [4.69, 9.17) is 15.6 Å². The van der Waals surface area contributed by atoms with Crippen LogP contribution in [0.4, 0.5) is 10.1 Å². The van der Waals surface area contributed by atoms with Crippen LogP contribution in [0.1, 0.15) is 46.2 Å². The Morgan fingerprint density at radius 2 is 2.06 bits per heavy atom. The van der Waals surface area contributed by atoms with E-state index in [1.807, 2.05) is 0 Å². The van der Waals surface area contributed by atoms with E-state index in [1.165, 1.54) is 24.3 Å². The SMILES string of the molecule is CCOC(CNC(=O)c1c(C)[nH]c(/C=C(\C=O)c2cc(F)ccc2N)c1C)CC(=O)O. The molecule has 9 heteroatoms. The summed E-state index contributed by atoms with van der Waals surface area (Å²) in [5, 5.41) is 11.6. The third-order valence-electron chi connectivity index (χ3n) is 4.75. The molecule has 0 aliphatic carbocycles. The molecule has 5 N–H and O–H groups in total. The molecule has 1 unspecified atom stereocenters. The zero-order chi connectivity index (χ0) is 23.1. The predicted octanol–water partition coefficient (Wildman–Crippen LogP) is 2.70. The number of aromatic nitrogens is 1. The number of carbonyl (C=O) groups is 3. The van der Waals surface area contributed by atoms with E-state index in [0.717, 1.165) is 0 Å². The van der Waals surface area contributed by atoms with Gasteiger partial charge in [-0.25, -0.2) is 4.39 Å². The van der Waals surface area contributed by atoms with E-state index in [1.54, 1.807) is 20.8 Å². The molecule has 0 spiro atoms. The molecule has 0 aliphatic heterocycles. The number of hydrogen-bond acceptors (Lipinski definition) is 5. The number of benzene rings is 1. The number of carboxylic acid groups (broad SMARTS) is 1. The molecule has 166 valence electrons. The number of aliphatic carboxylic acids is 1. The monoisotopic (exact) mass is 431 g/mol. The molecule has 0 aliphatic rings. The number of carboxylic acids is 1. The van der Waals surface area contributed by atoms with E-state index >= 15 is 0 Å². The Labute approximate surface area is 179 Å². The third-order valence-corrected chi connectivity index (χ3v) is 4.75. The van der Waals surface area contributed by atoms with Gasteiger partial charge in [0.05, 0.1) is 18.1 Å². The van der Waals surface area contributed by atoms with Crippen molar-refractivity contribution in [1.82, 2.24) is 10.3 Å². The molecular formula is C22H26FN3O5. The van der Waals surface area contributed by atoms with Gasteiger partial charge in [0, 0.05) is 41.4 Å². The van der Waals surface area contributed by atoms with Crippen LogP contribution in [0.5, 0.6) is 0 Å². The van der Waals surface area contributed by atoms with Crippen molar-refractivity contribution in [2.75, 3.05) is 18.9 Å². The summed E-state index contributed by atoms with van der Waals surface area (Å²) >= 11 is 0. The summed E-state index contributed by atoms with van der Waals surface area (Å²) in [6.07, 6.45) is 1.19. The highest BCUT2D eigenvalue weighted by molar-refractivity contribution is 6.15. The van der Waals surface area contributed by atoms with Gasteiger partial charge in [-0.3, -0.25) is 14.4 Å². The summed E-state index contributed by atoms with van der Waals surface area (Å²) in [6, 6.07) is 3.75. The number of nitrogens with two attached hydrogens (primary N) is 1. The first-order chi connectivity index (χ1) is 14.7. The van der Waals surface area contributed by atoms with Gasteiger partial charge in [0.2, 0.25) is 0 Å². The number of hydrogen-bond donors (Lipinski definition) is 4. The summed E-state index contributed by atoms with van der Waals surface area (Å²) in [6.45, 7) is 5.51. The Hall–Kier alpha value is -3.46. The number of halogens is 1. The molecule has 1 amide bonds. The standard InChI is InChI=1S/C22H26FN3O5/c1-4-31-16(9-20(28)29)10-25-22(30)21-12(2)19(26-13(21)3)7-14(11-27)17-8-15(23)5-6-18(17)24/h5-8,11,16,26H,4,9-10,24H2,1-3H3,(H,25,30)(H,28,29)/b14-7+. The average molecular weight is 431 g/mol. The molecule has 1 aromatic carbocycles. The van der Waals surface area contributed by atoms with Gasteiger partial charge in [-0.05, 0) is 50.6 Å². The second kappa shape index (κ2) is 10.5. The van der Waals surface area contributed by atoms with Crippen molar-refractivity contribution in [2.24, 2.45) is 0 Å². The van der Waals surface area contributed by atoms with Crippen molar-refractivity contribution in [1.29, 1.82) is 0 Å². The van der Waals surface area contributed by atoms with Crippen molar-refractivity contribution in [3.63, 3.8) is 0 Å². The maximum absolute atomic E-state index is 13.6. The number of aryl methyl sites for hydroxylation is 1. The number of allylic oxidation sites excluding steroid dienone is 1. The minimum atomic E-state index is -1.02. The van der Waals surface area contributed by atoms with E-state index in [9.17, 15) is 18.8 Å². The van der Waals surface area contributed by atoms with Gasteiger partial charge in [0.15, 0.2) is 6.29 Å². The summed E-state index contributed by atoms with van der Waals surface area (Å²) in [4.78, 5) is 38.4. The molecule has 2 rings (SSSR count). The van der Waals surface area contributed by atoms with Gasteiger partial charge >= 0.3 is 5.97 Å². The lowest BCUT2D eigenvalue weighted by atomic mass is 10.0. The number of rotatable bonds is 10. The van der Waals surface area contributed by atoms with Gasteiger partial charge < -0.3 is 25.9 Å². The Morgan fingerprint density at radius 3 is 2.68 bits per heavy atom. The van der Waals surface area contributed by atoms with Crippen molar-refractivity contribution >= 4 is 35.5 Å². The van der Waals surface area contributed by atoms with E-state index < -0.39 is 23.8 Å². The van der Waals surface area contributed by atoms with Gasteiger partial charge in [0.1, 0.15) is 5.82 Å². The molecule has 1 heterocycles. The minimum absolute atomic E-state index is 0.0353. The first-order valence-corrected chi connectivity index (χ1v) is 9.70. The van der Waals surface area contributed by atoms with E-state index in [2.05, 4.69) is 10.3 Å². The molecule has 0 bridgehead atoms. The number of aromatic amines is 1. The molecule has 0 radical (unpaired) electrons. The average Bonchev–Trinajstić information content (AvgIpc) is 2.99. The predicted molar refractivity (Wildman–Crippen MR) is 115 cm³/mol. The summed E-state index contributed by atoms with van der Waals surface area (Å²) in [5.74, 6) is -1.95. The normalized spacial score (nSPS) is 12.5. The number of ether oxygens (including phenoxy) is 1. The van der Waals surface area contributed by atoms with Crippen LogP contribution in [0.2, 0.25) is 0 Å². The molecule has 0 fully saturated rings. The fourth-order valence-electron chi connectivity index (χ4n) is 3.28. The number of nitrogen functional groups attached to an aromatic ring is 1. The number of amides is 1. The Bertz CT molecular complexity index is 1010. The van der Waals surface area contributed by atoms with Crippen LogP contribution >= 0.6 is 0 Å². The highest BCUT2D eigenvalue weighted by atomic mass is 19.1. The van der Waals surface area contributed by atoms with Gasteiger partial charge in [-0.15, -0.1) is 0 Å². The topological polar surface area (TPSA) is 135 Å². The van der Waals surface area contributed by atoms with Crippen LogP contribution in [-0.4, -0.2) is 47.5 Å². The molecule has 31 heavy (non-hydrogen) atoms. The fourth-order valence-corrected chi connectivity index (χ4v) is 3.28. The third kappa shape index (κ3) is 6.02. The Balaban J connectivity index is 2.29. The van der Waals surface area contributed by atoms with Crippen molar-refractivity contribution in [2.45, 2.75) is 33.3 Å². The first kappa shape index (κ1) is 23.8. The van der Waals surface area contributed by atoms with Crippen molar-refractivity contribution in [3.8, 4) is 0 Å². The molecule has 0 saturated carbocycles. The fraction of sp³-hybridized carbons (Fsp3) is 0.318.